The van der Waals surface area contributed by atoms with Crippen LogP contribution >= 0.6 is 11.8 Å². The Hall–Kier alpha value is -0.860. The summed E-state index contributed by atoms with van der Waals surface area (Å²) in [5.74, 6) is 0.821. The Morgan fingerprint density at radius 2 is 2.62 bits per heavy atom. The van der Waals surface area contributed by atoms with Crippen molar-refractivity contribution in [1.82, 2.24) is 20.2 Å². The largest absolute Gasteiger partial charge is 0.393 e. The molecule has 0 spiro atoms. The first kappa shape index (κ1) is 8.73. The van der Waals surface area contributed by atoms with Gasteiger partial charge in [-0.1, -0.05) is 5.10 Å². The molecule has 1 aliphatic heterocycles. The van der Waals surface area contributed by atoms with Crippen LogP contribution in [0, 0.1) is 0 Å². The van der Waals surface area contributed by atoms with E-state index in [4.69, 9.17) is 15.6 Å². The fourth-order valence-corrected chi connectivity index (χ4v) is 1.92. The van der Waals surface area contributed by atoms with E-state index in [1.807, 2.05) is 0 Å². The quantitative estimate of drug-likeness (QED) is 0.625. The Labute approximate surface area is 78.2 Å². The summed E-state index contributed by atoms with van der Waals surface area (Å²) in [5, 5.41) is 19.8. The number of hydrogen-bond acceptors (Lipinski definition) is 7. The van der Waals surface area contributed by atoms with Gasteiger partial charge in [-0.15, -0.1) is 21.7 Å². The molecule has 0 amide bonds. The third-order valence-corrected chi connectivity index (χ3v) is 2.69. The fraction of sp³-hybridized carbons (Fsp3) is 0.800. The maximum atomic E-state index is 8.80. The van der Waals surface area contributed by atoms with Crippen molar-refractivity contribution in [2.75, 3.05) is 18.1 Å². The van der Waals surface area contributed by atoms with Gasteiger partial charge < -0.3 is 15.6 Å². The van der Waals surface area contributed by atoms with E-state index in [0.717, 1.165) is 0 Å². The molecule has 8 heteroatoms. The zero-order chi connectivity index (χ0) is 9.26. The summed E-state index contributed by atoms with van der Waals surface area (Å²) in [6.07, 6.45) is -0.271. The fourth-order valence-electron chi connectivity index (χ4n) is 1.02. The van der Waals surface area contributed by atoms with Gasteiger partial charge in [-0.25, -0.2) is 0 Å². The molecule has 1 aromatic heterocycles. The van der Waals surface area contributed by atoms with E-state index in [1.54, 1.807) is 0 Å². The number of aromatic nitrogens is 4. The lowest BCUT2D eigenvalue weighted by Crippen LogP contribution is -2.16. The normalized spacial score (nSPS) is 28.1. The summed E-state index contributed by atoms with van der Waals surface area (Å²) in [6, 6.07) is 0. The van der Waals surface area contributed by atoms with Gasteiger partial charge in [0.15, 0.2) is 6.23 Å². The molecular weight excluding hydrogens is 194 g/mol. The first-order valence-corrected chi connectivity index (χ1v) is 4.77. The number of thioether (sulfide) groups is 1. The molecular formula is C5H9N5O2S. The first-order chi connectivity index (χ1) is 6.29. The summed E-state index contributed by atoms with van der Waals surface area (Å²) in [7, 11) is 0. The predicted molar refractivity (Wildman–Crippen MR) is 45.7 cm³/mol. The van der Waals surface area contributed by atoms with Crippen LogP contribution < -0.4 is 5.73 Å². The van der Waals surface area contributed by atoms with Crippen LogP contribution in [0.25, 0.3) is 0 Å². The van der Waals surface area contributed by atoms with Crippen molar-refractivity contribution >= 4 is 17.7 Å². The van der Waals surface area contributed by atoms with Gasteiger partial charge in [0.25, 0.3) is 5.95 Å². The monoisotopic (exact) mass is 203 g/mol. The van der Waals surface area contributed by atoms with Crippen LogP contribution in [-0.2, 0) is 4.74 Å². The van der Waals surface area contributed by atoms with E-state index in [2.05, 4.69) is 15.4 Å². The number of tetrazole rings is 1. The number of aliphatic hydroxyl groups excluding tert-OH is 1. The number of nitrogens with two attached hydrogens (primary N) is 1. The van der Waals surface area contributed by atoms with Gasteiger partial charge in [-0.05, 0) is 5.21 Å². The van der Waals surface area contributed by atoms with Gasteiger partial charge in [0, 0.05) is 5.75 Å². The number of ether oxygens (including phenoxy) is 1. The number of aliphatic hydroxyl groups is 1. The predicted octanol–water partition coefficient (Wildman–Crippen LogP) is -1.16. The molecule has 2 rings (SSSR count). The molecule has 0 radical (unpaired) electrons. The summed E-state index contributed by atoms with van der Waals surface area (Å²) < 4.78 is 5.37. The maximum absolute atomic E-state index is 8.80. The minimum absolute atomic E-state index is 0.00859. The van der Waals surface area contributed by atoms with Gasteiger partial charge in [-0.3, -0.25) is 0 Å². The van der Waals surface area contributed by atoms with Crippen molar-refractivity contribution in [3.63, 3.8) is 0 Å². The van der Waals surface area contributed by atoms with Crippen molar-refractivity contribution in [2.45, 2.75) is 11.7 Å². The average molecular weight is 203 g/mol. The molecule has 1 aromatic rings. The van der Waals surface area contributed by atoms with Crippen molar-refractivity contribution < 1.29 is 9.84 Å². The van der Waals surface area contributed by atoms with E-state index in [9.17, 15) is 0 Å². The first-order valence-electron chi connectivity index (χ1n) is 3.72. The molecule has 0 bridgehead atoms. The molecule has 72 valence electrons. The lowest BCUT2D eigenvalue weighted by atomic mass is 10.6. The highest BCUT2D eigenvalue weighted by Crippen LogP contribution is 2.30. The van der Waals surface area contributed by atoms with E-state index in [1.165, 1.54) is 16.6 Å². The lowest BCUT2D eigenvalue weighted by molar-refractivity contribution is -0.0189. The van der Waals surface area contributed by atoms with Gasteiger partial charge in [0.1, 0.15) is 5.44 Å². The lowest BCUT2D eigenvalue weighted by Gasteiger charge is -2.07. The van der Waals surface area contributed by atoms with Crippen LogP contribution in [0.4, 0.5) is 5.95 Å². The minimum atomic E-state index is -0.271. The number of nitrogen functional groups attached to an aromatic ring is 1. The number of rotatable bonds is 2. The zero-order valence-electron chi connectivity index (χ0n) is 6.70. The Morgan fingerprint density at radius 3 is 3.15 bits per heavy atom. The summed E-state index contributed by atoms with van der Waals surface area (Å²) in [5.41, 5.74) is 5.10. The number of anilines is 1. The zero-order valence-corrected chi connectivity index (χ0v) is 7.52. The SMILES string of the molecule is Nc1nnn([C@@H]2CS[C@H](CO)O2)n1. The Morgan fingerprint density at radius 1 is 1.77 bits per heavy atom. The summed E-state index contributed by atoms with van der Waals surface area (Å²) >= 11 is 1.51. The second-order valence-electron chi connectivity index (χ2n) is 2.50. The van der Waals surface area contributed by atoms with Crippen LogP contribution in [-0.4, -0.2) is 43.1 Å². The van der Waals surface area contributed by atoms with Crippen molar-refractivity contribution in [2.24, 2.45) is 0 Å². The Bertz CT molecular complexity index is 292. The van der Waals surface area contributed by atoms with E-state index >= 15 is 0 Å². The highest BCUT2D eigenvalue weighted by molar-refractivity contribution is 8.00. The summed E-state index contributed by atoms with van der Waals surface area (Å²) in [6.45, 7) is -0.00859. The molecule has 0 aliphatic carbocycles. The third-order valence-electron chi connectivity index (χ3n) is 1.58. The Kier molecular flexibility index (Phi) is 2.34. The highest BCUT2D eigenvalue weighted by atomic mass is 32.2. The minimum Gasteiger partial charge on any atom is -0.393 e. The number of nitrogens with zero attached hydrogens (tertiary/aromatic N) is 4. The maximum Gasteiger partial charge on any atom is 0.261 e. The molecule has 0 aromatic carbocycles. The second kappa shape index (κ2) is 3.48. The van der Waals surface area contributed by atoms with E-state index in [-0.39, 0.29) is 24.2 Å². The van der Waals surface area contributed by atoms with Gasteiger partial charge in [0.05, 0.1) is 6.61 Å². The van der Waals surface area contributed by atoms with Crippen molar-refractivity contribution in [3.05, 3.63) is 0 Å². The average Bonchev–Trinajstić information content (AvgIpc) is 2.71. The third kappa shape index (κ3) is 1.74. The van der Waals surface area contributed by atoms with Crippen molar-refractivity contribution in [3.8, 4) is 0 Å². The van der Waals surface area contributed by atoms with Crippen LogP contribution in [0.2, 0.25) is 0 Å². The van der Waals surface area contributed by atoms with Crippen LogP contribution in [0.5, 0.6) is 0 Å². The highest BCUT2D eigenvalue weighted by Gasteiger charge is 2.28. The molecule has 7 nitrogen and oxygen atoms in total. The molecule has 0 unspecified atom stereocenters. The molecule has 13 heavy (non-hydrogen) atoms. The molecule has 3 N–H and O–H groups in total. The molecule has 2 atom stereocenters. The number of hydrogen-bond donors (Lipinski definition) is 2. The molecule has 1 aliphatic rings. The molecule has 1 fully saturated rings. The van der Waals surface area contributed by atoms with Crippen LogP contribution in [0.3, 0.4) is 0 Å². The van der Waals surface area contributed by atoms with Gasteiger partial charge >= 0.3 is 0 Å². The van der Waals surface area contributed by atoms with Crippen LogP contribution in [0.1, 0.15) is 6.23 Å². The second-order valence-corrected chi connectivity index (χ2v) is 3.70. The van der Waals surface area contributed by atoms with Crippen molar-refractivity contribution in [1.29, 1.82) is 0 Å². The molecule has 1 saturated heterocycles. The van der Waals surface area contributed by atoms with E-state index in [0.29, 0.717) is 5.75 Å². The summed E-state index contributed by atoms with van der Waals surface area (Å²) in [4.78, 5) is 1.32. The molecule has 0 saturated carbocycles. The van der Waals surface area contributed by atoms with Crippen LogP contribution in [0.15, 0.2) is 0 Å². The smallest absolute Gasteiger partial charge is 0.261 e. The Balaban J connectivity index is 2.03. The van der Waals surface area contributed by atoms with Gasteiger partial charge in [-0.2, -0.15) is 0 Å². The van der Waals surface area contributed by atoms with Gasteiger partial charge in [0.2, 0.25) is 0 Å². The molecule has 2 heterocycles. The van der Waals surface area contributed by atoms with E-state index < -0.39 is 0 Å². The topological polar surface area (TPSA) is 99.1 Å². The standard InChI is InChI=1S/C5H9N5O2S/c6-5-7-9-10(8-5)3-2-13-4(1-11)12-3/h3-4,11H,1-2H2,(H2,6,8)/t3-,4+/m0/s1.